The molecular weight excluding hydrogens is 287 g/mol. The number of carbonyl (C=O) groups is 1. The maximum atomic E-state index is 13.4. The van der Waals surface area contributed by atoms with Gasteiger partial charge in [-0.25, -0.2) is 4.39 Å². The predicted octanol–water partition coefficient (Wildman–Crippen LogP) is 0.803. The summed E-state index contributed by atoms with van der Waals surface area (Å²) in [6, 6.07) is 4.43. The van der Waals surface area contributed by atoms with Crippen molar-refractivity contribution in [2.24, 2.45) is 10.7 Å². The number of guanidine groups is 1. The summed E-state index contributed by atoms with van der Waals surface area (Å²) in [6.07, 6.45) is 0. The van der Waals surface area contributed by atoms with Crippen LogP contribution in [-0.4, -0.2) is 44.7 Å². The molecule has 6 nitrogen and oxygen atoms in total. The molecule has 7 heteroatoms. The number of nitrogens with two attached hydrogens (primary N) is 1. The van der Waals surface area contributed by atoms with Gasteiger partial charge in [0.15, 0.2) is 5.96 Å². The predicted molar refractivity (Wildman–Crippen MR) is 84.4 cm³/mol. The van der Waals surface area contributed by atoms with E-state index in [4.69, 9.17) is 10.5 Å². The molecule has 0 bridgehead atoms. The molecule has 0 spiro atoms. The van der Waals surface area contributed by atoms with Crippen LogP contribution in [0.25, 0.3) is 0 Å². The third-order valence-electron chi connectivity index (χ3n) is 2.92. The van der Waals surface area contributed by atoms with E-state index in [9.17, 15) is 9.18 Å². The SMILES string of the molecule is COCC(C)NC(N)=NCCNC(=O)c1ccc(C)c(F)c1. The zero-order chi connectivity index (χ0) is 16.5. The Bertz CT molecular complexity index is 534. The highest BCUT2D eigenvalue weighted by atomic mass is 19.1. The number of carbonyl (C=O) groups excluding carboxylic acids is 1. The molecule has 1 unspecified atom stereocenters. The molecule has 0 saturated heterocycles. The van der Waals surface area contributed by atoms with Crippen molar-refractivity contribution in [1.29, 1.82) is 0 Å². The second kappa shape index (κ2) is 8.99. The van der Waals surface area contributed by atoms with Crippen molar-refractivity contribution in [1.82, 2.24) is 10.6 Å². The molecule has 1 rings (SSSR count). The van der Waals surface area contributed by atoms with E-state index in [0.717, 1.165) is 0 Å². The lowest BCUT2D eigenvalue weighted by Crippen LogP contribution is -2.41. The first-order valence-electron chi connectivity index (χ1n) is 7.03. The Hall–Kier alpha value is -2.15. The van der Waals surface area contributed by atoms with E-state index in [1.165, 1.54) is 6.07 Å². The van der Waals surface area contributed by atoms with Gasteiger partial charge in [-0.15, -0.1) is 0 Å². The van der Waals surface area contributed by atoms with Crippen molar-refractivity contribution < 1.29 is 13.9 Å². The van der Waals surface area contributed by atoms with Gasteiger partial charge in [0.05, 0.1) is 13.2 Å². The standard InChI is InChI=1S/C15H23FN4O2/c1-10-4-5-12(8-13(10)16)14(21)18-6-7-19-15(17)20-11(2)9-22-3/h4-5,8,11H,6-7,9H2,1-3H3,(H,18,21)(H3,17,19,20). The van der Waals surface area contributed by atoms with Crippen LogP contribution in [0.15, 0.2) is 23.2 Å². The number of ether oxygens (including phenoxy) is 1. The fourth-order valence-electron chi connectivity index (χ4n) is 1.77. The Balaban J connectivity index is 2.37. The van der Waals surface area contributed by atoms with E-state index in [2.05, 4.69) is 15.6 Å². The highest BCUT2D eigenvalue weighted by Gasteiger charge is 2.07. The Morgan fingerprint density at radius 1 is 1.50 bits per heavy atom. The molecule has 1 aromatic rings. The van der Waals surface area contributed by atoms with Crippen molar-refractivity contribution in [3.8, 4) is 0 Å². The minimum atomic E-state index is -0.397. The lowest BCUT2D eigenvalue weighted by atomic mass is 10.1. The van der Waals surface area contributed by atoms with E-state index in [1.807, 2.05) is 6.92 Å². The summed E-state index contributed by atoms with van der Waals surface area (Å²) >= 11 is 0. The summed E-state index contributed by atoms with van der Waals surface area (Å²) in [5.41, 5.74) is 6.48. The van der Waals surface area contributed by atoms with Gasteiger partial charge in [0, 0.05) is 25.3 Å². The minimum Gasteiger partial charge on any atom is -0.383 e. The van der Waals surface area contributed by atoms with Gasteiger partial charge < -0.3 is 21.1 Å². The molecule has 0 aliphatic heterocycles. The van der Waals surface area contributed by atoms with Crippen LogP contribution in [0.3, 0.4) is 0 Å². The summed E-state index contributed by atoms with van der Waals surface area (Å²) in [6.45, 7) is 4.73. The molecule has 0 saturated carbocycles. The molecule has 4 N–H and O–H groups in total. The van der Waals surface area contributed by atoms with E-state index >= 15 is 0 Å². The van der Waals surface area contributed by atoms with Gasteiger partial charge in [-0.2, -0.15) is 0 Å². The molecule has 1 amide bonds. The lowest BCUT2D eigenvalue weighted by Gasteiger charge is -2.13. The highest BCUT2D eigenvalue weighted by Crippen LogP contribution is 2.08. The number of hydrogen-bond acceptors (Lipinski definition) is 3. The second-order valence-electron chi connectivity index (χ2n) is 4.99. The fourth-order valence-corrected chi connectivity index (χ4v) is 1.77. The van der Waals surface area contributed by atoms with Crippen molar-refractivity contribution >= 4 is 11.9 Å². The summed E-state index contributed by atoms with van der Waals surface area (Å²) in [4.78, 5) is 15.9. The van der Waals surface area contributed by atoms with Crippen LogP contribution in [0.5, 0.6) is 0 Å². The zero-order valence-electron chi connectivity index (χ0n) is 13.1. The molecule has 0 aliphatic rings. The molecule has 22 heavy (non-hydrogen) atoms. The van der Waals surface area contributed by atoms with Gasteiger partial charge in [0.2, 0.25) is 0 Å². The fraction of sp³-hybridized carbons (Fsp3) is 0.467. The average molecular weight is 310 g/mol. The van der Waals surface area contributed by atoms with Crippen molar-refractivity contribution in [2.45, 2.75) is 19.9 Å². The highest BCUT2D eigenvalue weighted by molar-refractivity contribution is 5.94. The van der Waals surface area contributed by atoms with Crippen LogP contribution >= 0.6 is 0 Å². The van der Waals surface area contributed by atoms with Crippen molar-refractivity contribution in [3.63, 3.8) is 0 Å². The third-order valence-corrected chi connectivity index (χ3v) is 2.92. The Kier molecular flexibility index (Phi) is 7.31. The first-order valence-corrected chi connectivity index (χ1v) is 7.03. The molecule has 1 atom stereocenters. The monoisotopic (exact) mass is 310 g/mol. The van der Waals surface area contributed by atoms with Crippen LogP contribution in [0.1, 0.15) is 22.8 Å². The number of amides is 1. The normalized spacial score (nSPS) is 12.8. The van der Waals surface area contributed by atoms with Crippen LogP contribution in [0.4, 0.5) is 4.39 Å². The third kappa shape index (κ3) is 6.09. The van der Waals surface area contributed by atoms with Crippen LogP contribution < -0.4 is 16.4 Å². The van der Waals surface area contributed by atoms with Crippen LogP contribution in [-0.2, 0) is 4.74 Å². The smallest absolute Gasteiger partial charge is 0.251 e. The minimum absolute atomic E-state index is 0.0545. The Morgan fingerprint density at radius 3 is 2.86 bits per heavy atom. The first-order chi connectivity index (χ1) is 10.4. The number of halogens is 1. The number of methoxy groups -OCH3 is 1. The van der Waals surface area contributed by atoms with E-state index in [0.29, 0.717) is 31.2 Å². The Labute approximate surface area is 129 Å². The van der Waals surface area contributed by atoms with Gasteiger partial charge in [-0.1, -0.05) is 6.07 Å². The van der Waals surface area contributed by atoms with Crippen molar-refractivity contribution in [3.05, 3.63) is 35.1 Å². The summed E-state index contributed by atoms with van der Waals surface area (Å²) in [7, 11) is 1.61. The Morgan fingerprint density at radius 2 is 2.23 bits per heavy atom. The lowest BCUT2D eigenvalue weighted by molar-refractivity contribution is 0.0954. The molecular formula is C15H23FN4O2. The van der Waals surface area contributed by atoms with E-state index < -0.39 is 5.82 Å². The molecule has 0 fully saturated rings. The maximum Gasteiger partial charge on any atom is 0.251 e. The molecule has 122 valence electrons. The average Bonchev–Trinajstić information content (AvgIpc) is 2.46. The van der Waals surface area contributed by atoms with E-state index in [-0.39, 0.29) is 17.5 Å². The van der Waals surface area contributed by atoms with Gasteiger partial charge in [0.1, 0.15) is 5.82 Å². The van der Waals surface area contributed by atoms with Gasteiger partial charge in [-0.3, -0.25) is 9.79 Å². The summed E-state index contributed by atoms with van der Waals surface area (Å²) in [5.74, 6) is -0.445. The molecule has 1 aromatic carbocycles. The molecule has 0 radical (unpaired) electrons. The summed E-state index contributed by atoms with van der Waals surface area (Å²) < 4.78 is 18.3. The topological polar surface area (TPSA) is 88.7 Å². The number of aliphatic imine (C=N–C) groups is 1. The molecule has 0 heterocycles. The number of aryl methyl sites for hydroxylation is 1. The number of rotatable bonds is 7. The van der Waals surface area contributed by atoms with Crippen LogP contribution in [0, 0.1) is 12.7 Å². The van der Waals surface area contributed by atoms with Crippen LogP contribution in [0.2, 0.25) is 0 Å². The van der Waals surface area contributed by atoms with Gasteiger partial charge in [-0.05, 0) is 31.5 Å². The zero-order valence-corrected chi connectivity index (χ0v) is 13.1. The van der Waals surface area contributed by atoms with Crippen molar-refractivity contribution in [2.75, 3.05) is 26.8 Å². The largest absolute Gasteiger partial charge is 0.383 e. The number of benzene rings is 1. The number of nitrogens with one attached hydrogen (secondary N) is 2. The first kappa shape index (κ1) is 17.9. The number of nitrogens with zero attached hydrogens (tertiary/aromatic N) is 1. The van der Waals surface area contributed by atoms with E-state index in [1.54, 1.807) is 26.2 Å². The number of hydrogen-bond donors (Lipinski definition) is 3. The second-order valence-corrected chi connectivity index (χ2v) is 4.99. The molecule has 0 aliphatic carbocycles. The molecule has 0 aromatic heterocycles. The van der Waals surface area contributed by atoms with Gasteiger partial charge in [0.25, 0.3) is 5.91 Å². The van der Waals surface area contributed by atoms with Gasteiger partial charge >= 0.3 is 0 Å². The quantitative estimate of drug-likeness (QED) is 0.395. The maximum absolute atomic E-state index is 13.4. The summed E-state index contributed by atoms with van der Waals surface area (Å²) in [5, 5.41) is 5.61.